The lowest BCUT2D eigenvalue weighted by molar-refractivity contribution is -0.133. The largest absolute Gasteiger partial charge is 0.497 e. The summed E-state index contributed by atoms with van der Waals surface area (Å²) in [6.07, 6.45) is 2.19. The number of nitrogens with zero attached hydrogens (tertiary/aromatic N) is 5. The summed E-state index contributed by atoms with van der Waals surface area (Å²) < 4.78 is 6.86. The zero-order valence-corrected chi connectivity index (χ0v) is 23.3. The first-order chi connectivity index (χ1) is 19.4. The van der Waals surface area contributed by atoms with E-state index in [0.29, 0.717) is 45.7 Å². The van der Waals surface area contributed by atoms with E-state index in [9.17, 15) is 14.4 Å². The number of benzene rings is 2. The number of imidazole rings is 1. The average molecular weight is 545 g/mol. The highest BCUT2D eigenvalue weighted by Crippen LogP contribution is 2.30. The van der Waals surface area contributed by atoms with Crippen LogP contribution in [0.25, 0.3) is 0 Å². The van der Waals surface area contributed by atoms with E-state index in [1.54, 1.807) is 28.4 Å². The molecule has 3 aromatic rings. The standard InChI is InChI=1S/C30H36N6O4/c1-4-14-36-28(38)26-25(27(37)34-17-15-33(16-18-34)23-8-6-5-7-9-23)32-21-35(26)20-30(36,2)29(39)31-19-22-10-12-24(40-3)13-11-22/h5-13,21H,4,14-20H2,1-3H3,(H,31,39)/t30-/m1/s1. The fraction of sp³-hybridized carbons (Fsp3) is 0.400. The second kappa shape index (κ2) is 11.4. The molecule has 0 aliphatic carbocycles. The molecule has 3 heterocycles. The fourth-order valence-corrected chi connectivity index (χ4v) is 5.49. The molecule has 1 fully saturated rings. The Morgan fingerprint density at radius 3 is 2.38 bits per heavy atom. The van der Waals surface area contributed by atoms with Crippen molar-refractivity contribution in [3.8, 4) is 5.75 Å². The molecule has 2 aromatic carbocycles. The van der Waals surface area contributed by atoms with Gasteiger partial charge in [0.15, 0.2) is 5.69 Å². The number of piperazine rings is 1. The molecule has 210 valence electrons. The maximum Gasteiger partial charge on any atom is 0.275 e. The van der Waals surface area contributed by atoms with Crippen LogP contribution >= 0.6 is 0 Å². The van der Waals surface area contributed by atoms with E-state index in [4.69, 9.17) is 4.74 Å². The normalized spacial score (nSPS) is 18.9. The third-order valence-corrected chi connectivity index (χ3v) is 7.80. The molecule has 3 amide bonds. The highest BCUT2D eigenvalue weighted by atomic mass is 16.5. The number of carbonyl (C=O) groups is 3. The summed E-state index contributed by atoms with van der Waals surface area (Å²) in [6.45, 7) is 7.15. The summed E-state index contributed by atoms with van der Waals surface area (Å²) in [5.74, 6) is -0.114. The van der Waals surface area contributed by atoms with Crippen LogP contribution in [0.1, 0.15) is 46.8 Å². The number of hydrogen-bond donors (Lipinski definition) is 1. The van der Waals surface area contributed by atoms with Crippen LogP contribution in [-0.4, -0.2) is 82.4 Å². The van der Waals surface area contributed by atoms with Gasteiger partial charge in [-0.3, -0.25) is 14.4 Å². The number of hydrogen-bond acceptors (Lipinski definition) is 6. The summed E-state index contributed by atoms with van der Waals surface area (Å²) in [4.78, 5) is 51.0. The highest BCUT2D eigenvalue weighted by Gasteiger charge is 2.48. The molecule has 10 heteroatoms. The van der Waals surface area contributed by atoms with Crippen molar-refractivity contribution < 1.29 is 19.1 Å². The molecule has 2 aliphatic rings. The molecule has 1 N–H and O–H groups in total. The minimum Gasteiger partial charge on any atom is -0.497 e. The van der Waals surface area contributed by atoms with Crippen LogP contribution in [0, 0.1) is 0 Å². The topological polar surface area (TPSA) is 100 Å². The van der Waals surface area contributed by atoms with Gasteiger partial charge < -0.3 is 29.3 Å². The van der Waals surface area contributed by atoms with Gasteiger partial charge in [0.2, 0.25) is 5.91 Å². The predicted octanol–water partition coefficient (Wildman–Crippen LogP) is 2.80. The number of fused-ring (bicyclic) bond motifs is 1. The van der Waals surface area contributed by atoms with Crippen LogP contribution in [0.5, 0.6) is 5.75 Å². The van der Waals surface area contributed by atoms with Crippen molar-refractivity contribution in [2.75, 3.05) is 44.7 Å². The molecule has 2 aliphatic heterocycles. The van der Waals surface area contributed by atoms with Gasteiger partial charge in [-0.25, -0.2) is 4.98 Å². The molecule has 0 spiro atoms. The molecule has 5 rings (SSSR count). The van der Waals surface area contributed by atoms with E-state index in [0.717, 1.165) is 17.0 Å². The van der Waals surface area contributed by atoms with E-state index in [1.165, 1.54) is 6.33 Å². The van der Waals surface area contributed by atoms with E-state index in [-0.39, 0.29) is 35.7 Å². The van der Waals surface area contributed by atoms with Crippen molar-refractivity contribution >= 4 is 23.4 Å². The molecule has 0 radical (unpaired) electrons. The summed E-state index contributed by atoms with van der Waals surface area (Å²) >= 11 is 0. The van der Waals surface area contributed by atoms with E-state index in [2.05, 4.69) is 27.3 Å². The molecule has 40 heavy (non-hydrogen) atoms. The minimum atomic E-state index is -1.13. The molecular formula is C30H36N6O4. The van der Waals surface area contributed by atoms with Crippen LogP contribution in [0.4, 0.5) is 5.69 Å². The highest BCUT2D eigenvalue weighted by molar-refractivity contribution is 6.07. The van der Waals surface area contributed by atoms with Gasteiger partial charge in [-0.2, -0.15) is 0 Å². The SMILES string of the molecule is CCCN1C(=O)c2c(C(=O)N3CCN(c4ccccc4)CC3)ncn2C[C@]1(C)C(=O)NCc1ccc(OC)cc1. The number of ether oxygens (including phenoxy) is 1. The van der Waals surface area contributed by atoms with Crippen LogP contribution in [0.15, 0.2) is 60.9 Å². The molecular weight excluding hydrogens is 508 g/mol. The van der Waals surface area contributed by atoms with Crippen molar-refractivity contribution in [3.63, 3.8) is 0 Å². The molecule has 0 saturated carbocycles. The van der Waals surface area contributed by atoms with Gasteiger partial charge in [-0.15, -0.1) is 0 Å². The van der Waals surface area contributed by atoms with Gasteiger partial charge in [0.25, 0.3) is 11.8 Å². The number of methoxy groups -OCH3 is 1. The van der Waals surface area contributed by atoms with Crippen molar-refractivity contribution in [1.82, 2.24) is 24.7 Å². The fourth-order valence-electron chi connectivity index (χ4n) is 5.49. The Bertz CT molecular complexity index is 1360. The number of rotatable bonds is 8. The lowest BCUT2D eigenvalue weighted by Gasteiger charge is -2.44. The van der Waals surface area contributed by atoms with E-state index < -0.39 is 5.54 Å². The third kappa shape index (κ3) is 5.13. The number of aromatic nitrogens is 2. The molecule has 0 unspecified atom stereocenters. The van der Waals surface area contributed by atoms with Gasteiger partial charge in [0.1, 0.15) is 17.0 Å². The molecule has 1 saturated heterocycles. The van der Waals surface area contributed by atoms with Crippen LogP contribution in [0.2, 0.25) is 0 Å². The Morgan fingerprint density at radius 1 is 1.02 bits per heavy atom. The second-order valence-corrected chi connectivity index (χ2v) is 10.4. The molecule has 10 nitrogen and oxygen atoms in total. The Labute approximate surface area is 234 Å². The molecule has 1 atom stereocenters. The Kier molecular flexibility index (Phi) is 7.77. The van der Waals surface area contributed by atoms with Crippen molar-refractivity contribution in [1.29, 1.82) is 0 Å². The number of anilines is 1. The predicted molar refractivity (Wildman–Crippen MR) is 151 cm³/mol. The van der Waals surface area contributed by atoms with Crippen molar-refractivity contribution in [2.45, 2.75) is 38.9 Å². The lowest BCUT2D eigenvalue weighted by Crippen LogP contribution is -2.64. The smallest absolute Gasteiger partial charge is 0.275 e. The number of nitrogens with one attached hydrogen (secondary N) is 1. The van der Waals surface area contributed by atoms with Gasteiger partial charge in [-0.05, 0) is 43.2 Å². The maximum atomic E-state index is 13.9. The maximum absolute atomic E-state index is 13.9. The van der Waals surface area contributed by atoms with E-state index >= 15 is 0 Å². The van der Waals surface area contributed by atoms with Crippen LogP contribution in [-0.2, 0) is 17.9 Å². The summed E-state index contributed by atoms with van der Waals surface area (Å²) in [6, 6.07) is 17.6. The first kappa shape index (κ1) is 27.2. The van der Waals surface area contributed by atoms with Gasteiger partial charge in [-0.1, -0.05) is 37.3 Å². The number of carbonyl (C=O) groups excluding carboxylic acids is 3. The monoisotopic (exact) mass is 544 g/mol. The van der Waals surface area contributed by atoms with Gasteiger partial charge in [0, 0.05) is 45.0 Å². The van der Waals surface area contributed by atoms with Crippen LogP contribution < -0.4 is 15.0 Å². The summed E-state index contributed by atoms with van der Waals surface area (Å²) in [5, 5.41) is 3.00. The average Bonchev–Trinajstić information content (AvgIpc) is 3.42. The van der Waals surface area contributed by atoms with Crippen molar-refractivity contribution in [2.24, 2.45) is 0 Å². The number of amides is 3. The van der Waals surface area contributed by atoms with Gasteiger partial charge >= 0.3 is 0 Å². The third-order valence-electron chi connectivity index (χ3n) is 7.80. The lowest BCUT2D eigenvalue weighted by atomic mass is 9.93. The van der Waals surface area contributed by atoms with Crippen molar-refractivity contribution in [3.05, 3.63) is 77.9 Å². The molecule has 1 aromatic heterocycles. The Hall–Kier alpha value is -4.34. The molecule has 0 bridgehead atoms. The minimum absolute atomic E-state index is 0.153. The first-order valence-electron chi connectivity index (χ1n) is 13.7. The van der Waals surface area contributed by atoms with Crippen LogP contribution in [0.3, 0.4) is 0 Å². The zero-order chi connectivity index (χ0) is 28.3. The Morgan fingerprint density at radius 2 is 1.73 bits per heavy atom. The summed E-state index contributed by atoms with van der Waals surface area (Å²) in [7, 11) is 1.61. The zero-order valence-electron chi connectivity index (χ0n) is 23.3. The first-order valence-corrected chi connectivity index (χ1v) is 13.7. The van der Waals surface area contributed by atoms with Gasteiger partial charge in [0.05, 0.1) is 20.0 Å². The quantitative estimate of drug-likeness (QED) is 0.468. The summed E-state index contributed by atoms with van der Waals surface area (Å²) in [5.41, 5.74) is 1.33. The second-order valence-electron chi connectivity index (χ2n) is 10.4. The Balaban J connectivity index is 1.31. The number of para-hydroxylation sites is 1. The van der Waals surface area contributed by atoms with E-state index in [1.807, 2.05) is 49.4 Å².